The molecule has 0 saturated carbocycles. The third-order valence-corrected chi connectivity index (χ3v) is 18.1. The van der Waals surface area contributed by atoms with E-state index in [9.17, 15) is 0 Å². The summed E-state index contributed by atoms with van der Waals surface area (Å²) in [6.07, 6.45) is 0. The van der Waals surface area contributed by atoms with Crippen molar-refractivity contribution in [2.45, 2.75) is 5.38 Å². The summed E-state index contributed by atoms with van der Waals surface area (Å²) in [5.74, 6) is 0. The molecule has 1 N–H and O–H groups in total. The van der Waals surface area contributed by atoms with Crippen LogP contribution < -0.4 is 5.32 Å². The van der Waals surface area contributed by atoms with Gasteiger partial charge in [-0.1, -0.05) is 255 Å². The Bertz CT molecular complexity index is 2240. The quantitative estimate of drug-likeness (QED) is 0.122. The Morgan fingerprint density at radius 1 is 0.291 bits per heavy atom. The Balaban J connectivity index is 2.16. The molecule has 0 amide bonds. The molecule has 0 spiro atoms. The van der Waals surface area contributed by atoms with Crippen LogP contribution in [0, 0.1) is 0 Å². The predicted octanol–water partition coefficient (Wildman–Crippen LogP) is 21.9. The van der Waals surface area contributed by atoms with E-state index in [1.165, 1.54) is 0 Å². The third-order valence-electron chi connectivity index (χ3n) is 7.52. The highest BCUT2D eigenvalue weighted by Gasteiger charge is 2.39. The molecule has 0 bridgehead atoms. The van der Waals surface area contributed by atoms with Crippen LogP contribution in [-0.4, -0.2) is 5.38 Å². The van der Waals surface area contributed by atoms with Crippen LogP contribution in [0.25, 0.3) is 11.1 Å². The number of halogens is 23. The van der Waals surface area contributed by atoms with E-state index in [-0.39, 0.29) is 155 Å². The van der Waals surface area contributed by atoms with Gasteiger partial charge >= 0.3 is 0 Å². The largest absolute Gasteiger partial charge is 0.355 e. The fraction of sp³-hybridized carbons (Fsp3) is 0.0323. The fourth-order valence-electron chi connectivity index (χ4n) is 5.04. The first-order valence-corrected chi connectivity index (χ1v) is 22.2. The highest BCUT2D eigenvalue weighted by Crippen LogP contribution is 2.58. The first-order chi connectivity index (χ1) is 25.4. The normalized spacial score (nSPS) is 14.6. The van der Waals surface area contributed by atoms with Gasteiger partial charge in [0.2, 0.25) is 0 Å². The van der Waals surface area contributed by atoms with E-state index in [1.807, 2.05) is 0 Å². The molecule has 1 aliphatic heterocycles. The number of alkyl halides is 1. The summed E-state index contributed by atoms with van der Waals surface area (Å²) in [6.45, 7) is 0. The molecule has 4 aromatic carbocycles. The molecule has 1 heterocycles. The van der Waals surface area contributed by atoms with Gasteiger partial charge in [0.05, 0.1) is 116 Å². The van der Waals surface area contributed by atoms with Crippen LogP contribution >= 0.6 is 267 Å². The van der Waals surface area contributed by atoms with Crippen molar-refractivity contribution in [3.8, 4) is 0 Å². The monoisotopic (exact) mass is 1190 g/mol. The van der Waals surface area contributed by atoms with Crippen molar-refractivity contribution >= 4 is 278 Å². The number of allylic oxidation sites excluding steroid dienone is 2. The molecule has 24 heteroatoms. The zero-order valence-corrected chi connectivity index (χ0v) is 42.2. The van der Waals surface area contributed by atoms with E-state index in [0.717, 1.165) is 0 Å². The maximum absolute atomic E-state index is 7.09. The van der Waals surface area contributed by atoms with Crippen molar-refractivity contribution in [1.29, 1.82) is 0 Å². The molecule has 55 heavy (non-hydrogen) atoms. The van der Waals surface area contributed by atoms with E-state index in [2.05, 4.69) is 5.32 Å². The Morgan fingerprint density at radius 3 is 0.727 bits per heavy atom. The fourth-order valence-corrected chi connectivity index (χ4v) is 11.1. The van der Waals surface area contributed by atoms with E-state index in [0.29, 0.717) is 0 Å². The SMILES string of the molecule is ClC1=C(Cl)C(Cl)C(=C(c2c(Cl)c(Cl)c(Cl)c(Cl)c2Cl)c2c(Cl)c(Cl)c(Cl)c(Cl)c2Cl)NC1=C(c1c(Cl)c(Cl)c(Cl)c(Cl)c1Cl)c1c(Cl)c(Cl)c(Cl)c(Cl)c1Cl. The molecule has 0 aromatic heterocycles. The second-order valence-electron chi connectivity index (χ2n) is 10.5. The zero-order valence-electron chi connectivity index (χ0n) is 24.8. The van der Waals surface area contributed by atoms with Gasteiger partial charge in [0.25, 0.3) is 0 Å². The number of benzene rings is 4. The smallest absolute Gasteiger partial charge is 0.111 e. The van der Waals surface area contributed by atoms with Gasteiger partial charge in [0.1, 0.15) is 5.38 Å². The molecule has 4 aromatic rings. The molecule has 1 aliphatic rings. The summed E-state index contributed by atoms with van der Waals surface area (Å²) in [4.78, 5) is 0. The van der Waals surface area contributed by atoms with Crippen molar-refractivity contribution in [2.75, 3.05) is 0 Å². The predicted molar refractivity (Wildman–Crippen MR) is 250 cm³/mol. The van der Waals surface area contributed by atoms with Gasteiger partial charge in [-0.05, 0) is 0 Å². The van der Waals surface area contributed by atoms with Gasteiger partial charge < -0.3 is 5.32 Å². The van der Waals surface area contributed by atoms with Crippen LogP contribution in [0.4, 0.5) is 0 Å². The average Bonchev–Trinajstić information content (AvgIpc) is 3.16. The molecular formula is C31H2Cl23N. The minimum Gasteiger partial charge on any atom is -0.355 e. The number of hydrogen-bond acceptors (Lipinski definition) is 1. The Morgan fingerprint density at radius 2 is 0.491 bits per heavy atom. The average molecular weight is 1200 g/mol. The molecule has 292 valence electrons. The van der Waals surface area contributed by atoms with Crippen LogP contribution in [0.3, 0.4) is 0 Å². The maximum Gasteiger partial charge on any atom is 0.111 e. The highest BCUT2D eigenvalue weighted by atomic mass is 35.5. The summed E-state index contributed by atoms with van der Waals surface area (Å²) in [6, 6.07) is 0. The molecule has 0 aliphatic carbocycles. The molecular weight excluding hydrogens is 1200 g/mol. The van der Waals surface area contributed by atoms with Gasteiger partial charge in [-0.3, -0.25) is 0 Å². The number of hydrogen-bond donors (Lipinski definition) is 1. The topological polar surface area (TPSA) is 12.0 Å². The lowest BCUT2D eigenvalue weighted by Crippen LogP contribution is -2.30. The van der Waals surface area contributed by atoms with Crippen molar-refractivity contribution in [3.63, 3.8) is 0 Å². The Hall–Kier alpha value is 2.57. The second-order valence-corrected chi connectivity index (χ2v) is 19.2. The van der Waals surface area contributed by atoms with Crippen LogP contribution in [-0.2, 0) is 0 Å². The van der Waals surface area contributed by atoms with Gasteiger partial charge in [-0.2, -0.15) is 0 Å². The van der Waals surface area contributed by atoms with Gasteiger partial charge in [0.15, 0.2) is 0 Å². The minimum atomic E-state index is -1.46. The lowest BCUT2D eigenvalue weighted by molar-refractivity contribution is 0.913. The van der Waals surface area contributed by atoms with Crippen LogP contribution in [0.1, 0.15) is 22.3 Å². The Labute approximate surface area is 427 Å². The lowest BCUT2D eigenvalue weighted by atomic mass is 9.90. The minimum absolute atomic E-state index is 0.156. The van der Waals surface area contributed by atoms with Crippen LogP contribution in [0.2, 0.25) is 100 Å². The number of rotatable bonds is 4. The first-order valence-electron chi connectivity index (χ1n) is 13.5. The zero-order chi connectivity index (χ0) is 41.6. The summed E-state index contributed by atoms with van der Waals surface area (Å²) in [5, 5.41) is -4.08. The molecule has 0 radical (unpaired) electrons. The van der Waals surface area contributed by atoms with E-state index in [1.54, 1.807) is 0 Å². The Kier molecular flexibility index (Phi) is 16.6. The van der Waals surface area contributed by atoms with Crippen molar-refractivity contribution in [2.24, 2.45) is 0 Å². The maximum atomic E-state index is 7.09. The van der Waals surface area contributed by atoms with E-state index in [4.69, 9.17) is 267 Å². The number of nitrogens with one attached hydrogen (secondary N) is 1. The van der Waals surface area contributed by atoms with Crippen molar-refractivity contribution in [1.82, 2.24) is 5.32 Å². The first kappa shape index (κ1) is 48.6. The van der Waals surface area contributed by atoms with Crippen molar-refractivity contribution in [3.05, 3.63) is 144 Å². The third kappa shape index (κ3) is 8.29. The summed E-state index contributed by atoms with van der Waals surface area (Å²) >= 11 is 154. The van der Waals surface area contributed by atoms with Crippen molar-refractivity contribution < 1.29 is 0 Å². The van der Waals surface area contributed by atoms with Gasteiger partial charge in [-0.25, -0.2) is 0 Å². The second kappa shape index (κ2) is 18.7. The molecule has 1 unspecified atom stereocenters. The molecule has 1 atom stereocenters. The van der Waals surface area contributed by atoms with Gasteiger partial charge in [0, 0.05) is 39.1 Å². The highest BCUT2D eigenvalue weighted by molar-refractivity contribution is 6.60. The summed E-state index contributed by atoms with van der Waals surface area (Å²) < 4.78 is 0. The standard InChI is InChI=1S/C31H2Cl23N/c32-7-3(8(33)16(41)23(48)15(7)40)1(4-9(34)17(42)24(49)18(43)10(4)35)30-28(53)27(52)29(54)31(55-30)2(5-11(36)19(44)25(50)20(45)12(5)37)6-13(38)21(46)26(51)22(47)14(6)39/h28,55H. The lowest BCUT2D eigenvalue weighted by Gasteiger charge is -2.32. The van der Waals surface area contributed by atoms with E-state index < -0.39 is 5.38 Å². The summed E-state index contributed by atoms with van der Waals surface area (Å²) in [5.41, 5.74) is -1.42. The summed E-state index contributed by atoms with van der Waals surface area (Å²) in [7, 11) is 0. The van der Waals surface area contributed by atoms with Crippen LogP contribution in [0.15, 0.2) is 21.5 Å². The van der Waals surface area contributed by atoms with Crippen LogP contribution in [0.5, 0.6) is 0 Å². The molecule has 1 nitrogen and oxygen atoms in total. The molecule has 0 fully saturated rings. The van der Waals surface area contributed by atoms with E-state index >= 15 is 0 Å². The van der Waals surface area contributed by atoms with Gasteiger partial charge in [-0.15, -0.1) is 11.6 Å². The molecule has 5 rings (SSSR count). The molecule has 0 saturated heterocycles.